The van der Waals surface area contributed by atoms with Crippen LogP contribution in [0.15, 0.2) is 60.2 Å². The van der Waals surface area contributed by atoms with Gasteiger partial charge in [0.15, 0.2) is 5.78 Å². The molecule has 4 rings (SSSR count). The second-order valence-corrected chi connectivity index (χ2v) is 12.0. The normalized spacial score (nSPS) is 11.3. The van der Waals surface area contributed by atoms with Crippen molar-refractivity contribution in [1.82, 2.24) is 19.3 Å². The summed E-state index contributed by atoms with van der Waals surface area (Å²) in [6, 6.07) is 12.8. The molecule has 0 saturated carbocycles. The number of carbonyl (C=O) groups is 3. The minimum Gasteiger partial charge on any atom is -0.480 e. The van der Waals surface area contributed by atoms with Crippen LogP contribution in [0.4, 0.5) is 5.82 Å². The fraction of sp³-hybridized carbons (Fsp3) is 0.222. The molecule has 2 N–H and O–H groups in total. The van der Waals surface area contributed by atoms with Crippen molar-refractivity contribution < 1.29 is 27.9 Å². The van der Waals surface area contributed by atoms with E-state index in [1.54, 1.807) is 25.1 Å². The molecular weight excluding hydrogens is 554 g/mol. The number of amides is 1. The zero-order chi connectivity index (χ0) is 29.0. The van der Waals surface area contributed by atoms with Gasteiger partial charge in [-0.05, 0) is 42.3 Å². The van der Waals surface area contributed by atoms with Crippen molar-refractivity contribution in [2.75, 3.05) is 31.3 Å². The van der Waals surface area contributed by atoms with Gasteiger partial charge in [-0.25, -0.2) is 22.4 Å². The van der Waals surface area contributed by atoms with Gasteiger partial charge < -0.3 is 15.3 Å². The Kier molecular flexibility index (Phi) is 8.45. The van der Waals surface area contributed by atoms with Crippen LogP contribution in [0.3, 0.4) is 0 Å². The number of benzene rings is 1. The molecular formula is C27H27N5O6S2. The van der Waals surface area contributed by atoms with Gasteiger partial charge in [0.25, 0.3) is 5.91 Å². The summed E-state index contributed by atoms with van der Waals surface area (Å²) in [7, 11) is -1.86. The molecule has 0 unspecified atom stereocenters. The first-order chi connectivity index (χ1) is 18.9. The van der Waals surface area contributed by atoms with Gasteiger partial charge in [-0.2, -0.15) is 0 Å². The van der Waals surface area contributed by atoms with Crippen LogP contribution in [0.1, 0.15) is 21.1 Å². The van der Waals surface area contributed by atoms with Gasteiger partial charge in [0.2, 0.25) is 10.0 Å². The number of thiazole rings is 1. The molecule has 1 aromatic carbocycles. The Hall–Kier alpha value is -4.36. The van der Waals surface area contributed by atoms with E-state index in [2.05, 4.69) is 15.3 Å². The predicted octanol–water partition coefficient (Wildman–Crippen LogP) is 2.85. The summed E-state index contributed by atoms with van der Waals surface area (Å²) in [6.45, 7) is 1.19. The molecule has 11 nitrogen and oxygen atoms in total. The van der Waals surface area contributed by atoms with E-state index >= 15 is 0 Å². The molecule has 0 aliphatic rings. The third-order valence-electron chi connectivity index (χ3n) is 5.93. The molecule has 1 amide bonds. The Morgan fingerprint density at radius 2 is 1.82 bits per heavy atom. The molecule has 4 aromatic rings. The van der Waals surface area contributed by atoms with Gasteiger partial charge in [-0.3, -0.25) is 14.4 Å². The van der Waals surface area contributed by atoms with E-state index in [-0.39, 0.29) is 30.9 Å². The number of ketones is 1. The van der Waals surface area contributed by atoms with Crippen molar-refractivity contribution in [2.24, 2.45) is 0 Å². The zero-order valence-electron chi connectivity index (χ0n) is 22.0. The number of nitrogens with one attached hydrogen (secondary N) is 1. The van der Waals surface area contributed by atoms with Crippen LogP contribution in [0.5, 0.6) is 0 Å². The summed E-state index contributed by atoms with van der Waals surface area (Å²) in [5, 5.41) is 14.0. The lowest BCUT2D eigenvalue weighted by atomic mass is 10.0. The van der Waals surface area contributed by atoms with E-state index in [1.165, 1.54) is 23.6 Å². The molecule has 3 heterocycles. The number of hydrogen-bond acceptors (Lipinski definition) is 9. The maximum absolute atomic E-state index is 12.5. The number of nitrogens with zero attached hydrogens (tertiary/aromatic N) is 4. The molecule has 0 fully saturated rings. The number of hydrogen-bond donors (Lipinski definition) is 2. The summed E-state index contributed by atoms with van der Waals surface area (Å²) >= 11 is 1.34. The van der Waals surface area contributed by atoms with Crippen LogP contribution >= 0.6 is 11.3 Å². The van der Waals surface area contributed by atoms with Gasteiger partial charge in [0.1, 0.15) is 17.4 Å². The minimum absolute atomic E-state index is 0.0393. The average Bonchev–Trinajstić information content (AvgIpc) is 3.54. The number of anilines is 1. The van der Waals surface area contributed by atoms with E-state index in [1.807, 2.05) is 41.8 Å². The summed E-state index contributed by atoms with van der Waals surface area (Å²) in [4.78, 5) is 46.4. The van der Waals surface area contributed by atoms with Crippen LogP contribution in [-0.4, -0.2) is 71.5 Å². The standard InChI is InChI=1S/C27H27N5O6S2/c1-17-9-21(14-32(17)40(3,37)38)27(36)29-13-22(33)12-25-30-23(16-39-25)20-6-4-5-18(10-20)19-7-8-28-24(11-19)31(2)15-26(34)35/h4-11,14,16H,12-13,15H2,1-3H3,(H,29,36)(H,34,35). The summed E-state index contributed by atoms with van der Waals surface area (Å²) < 4.78 is 24.6. The van der Waals surface area contributed by atoms with Crippen LogP contribution in [0.2, 0.25) is 0 Å². The van der Waals surface area contributed by atoms with Gasteiger partial charge in [-0.1, -0.05) is 18.2 Å². The number of Topliss-reactive ketones (excluding diaryl/α,β-unsaturated/α-hetero) is 1. The van der Waals surface area contributed by atoms with Crippen LogP contribution in [-0.2, 0) is 26.0 Å². The van der Waals surface area contributed by atoms with Crippen LogP contribution < -0.4 is 10.2 Å². The van der Waals surface area contributed by atoms with E-state index < -0.39 is 21.9 Å². The highest BCUT2D eigenvalue weighted by molar-refractivity contribution is 7.89. The van der Waals surface area contributed by atoms with Crippen molar-refractivity contribution >= 4 is 44.8 Å². The first kappa shape index (κ1) is 28.6. The second kappa shape index (κ2) is 11.8. The maximum Gasteiger partial charge on any atom is 0.323 e. The molecule has 0 bridgehead atoms. The lowest BCUT2D eigenvalue weighted by Gasteiger charge is -2.16. The Labute approximate surface area is 235 Å². The molecule has 208 valence electrons. The van der Waals surface area contributed by atoms with E-state index in [9.17, 15) is 22.8 Å². The summed E-state index contributed by atoms with van der Waals surface area (Å²) in [6.07, 6.45) is 3.94. The molecule has 0 spiro atoms. The summed E-state index contributed by atoms with van der Waals surface area (Å²) in [5.74, 6) is -1.19. The number of rotatable bonds is 11. The van der Waals surface area contributed by atoms with Gasteiger partial charge in [-0.15, -0.1) is 11.3 Å². The van der Waals surface area contributed by atoms with Crippen molar-refractivity contribution in [3.05, 3.63) is 76.5 Å². The molecule has 3 aromatic heterocycles. The number of pyridine rings is 1. The molecule has 0 aliphatic heterocycles. The quantitative estimate of drug-likeness (QED) is 0.272. The lowest BCUT2D eigenvalue weighted by molar-refractivity contribution is -0.135. The smallest absolute Gasteiger partial charge is 0.323 e. The van der Waals surface area contributed by atoms with Crippen molar-refractivity contribution in [3.8, 4) is 22.4 Å². The number of carbonyl (C=O) groups excluding carboxylic acids is 2. The Bertz CT molecular complexity index is 1690. The first-order valence-electron chi connectivity index (χ1n) is 12.0. The molecule has 0 radical (unpaired) electrons. The Morgan fingerprint density at radius 1 is 1.10 bits per heavy atom. The van der Waals surface area contributed by atoms with E-state index in [4.69, 9.17) is 5.11 Å². The van der Waals surface area contributed by atoms with Crippen LogP contribution in [0, 0.1) is 6.92 Å². The zero-order valence-corrected chi connectivity index (χ0v) is 23.6. The van der Waals surface area contributed by atoms with Crippen molar-refractivity contribution in [1.29, 1.82) is 0 Å². The SMILES string of the molecule is Cc1cc(C(=O)NCC(=O)Cc2nc(-c3cccc(-c4ccnc(N(C)CC(=O)O)c4)c3)cs2)cn1S(C)(=O)=O. The average molecular weight is 582 g/mol. The maximum atomic E-state index is 12.5. The van der Waals surface area contributed by atoms with Gasteiger partial charge >= 0.3 is 5.97 Å². The number of aryl methyl sites for hydroxylation is 1. The van der Waals surface area contributed by atoms with Crippen molar-refractivity contribution in [2.45, 2.75) is 13.3 Å². The van der Waals surface area contributed by atoms with E-state index in [0.717, 1.165) is 26.9 Å². The second-order valence-electron chi connectivity index (χ2n) is 9.19. The van der Waals surface area contributed by atoms with Gasteiger partial charge in [0, 0.05) is 36.1 Å². The number of likely N-dealkylation sites (N-methyl/N-ethyl adjacent to an activating group) is 1. The Balaban J connectivity index is 1.40. The molecule has 13 heteroatoms. The summed E-state index contributed by atoms with van der Waals surface area (Å²) in [5.41, 5.74) is 3.87. The molecule has 0 aliphatic carbocycles. The largest absolute Gasteiger partial charge is 0.480 e. The number of carboxylic acid groups (broad SMARTS) is 1. The van der Waals surface area contributed by atoms with E-state index in [0.29, 0.717) is 22.2 Å². The van der Waals surface area contributed by atoms with Gasteiger partial charge in [0.05, 0.1) is 30.5 Å². The first-order valence-corrected chi connectivity index (χ1v) is 14.8. The topological polar surface area (TPSA) is 152 Å². The van der Waals surface area contributed by atoms with Crippen LogP contribution in [0.25, 0.3) is 22.4 Å². The fourth-order valence-electron chi connectivity index (χ4n) is 4.02. The third-order valence-corrected chi connectivity index (χ3v) is 7.89. The number of carboxylic acids is 1. The lowest BCUT2D eigenvalue weighted by Crippen LogP contribution is -2.30. The minimum atomic E-state index is -3.53. The predicted molar refractivity (Wildman–Crippen MR) is 152 cm³/mol. The number of aromatic nitrogens is 3. The number of aliphatic carboxylic acids is 1. The van der Waals surface area contributed by atoms with Crippen molar-refractivity contribution in [3.63, 3.8) is 0 Å². The molecule has 40 heavy (non-hydrogen) atoms. The highest BCUT2D eigenvalue weighted by atomic mass is 32.2. The fourth-order valence-corrected chi connectivity index (χ4v) is 5.73. The molecule has 0 atom stereocenters. The highest BCUT2D eigenvalue weighted by Gasteiger charge is 2.17. The Morgan fingerprint density at radius 3 is 2.52 bits per heavy atom. The third kappa shape index (κ3) is 6.98. The monoisotopic (exact) mass is 581 g/mol. The highest BCUT2D eigenvalue weighted by Crippen LogP contribution is 2.29. The molecule has 0 saturated heterocycles.